The van der Waals surface area contributed by atoms with Gasteiger partial charge in [-0.3, -0.25) is 9.79 Å². The van der Waals surface area contributed by atoms with Crippen LogP contribution < -0.4 is 10.1 Å². The highest BCUT2D eigenvalue weighted by atomic mass is 32.2. The third kappa shape index (κ3) is 5.94. The van der Waals surface area contributed by atoms with E-state index in [0.29, 0.717) is 23.9 Å². The maximum Gasteiger partial charge on any atom is 0.249 e. The molecule has 0 saturated carbocycles. The maximum atomic E-state index is 13.0. The highest BCUT2D eigenvalue weighted by Gasteiger charge is 2.20. The van der Waals surface area contributed by atoms with Gasteiger partial charge >= 0.3 is 0 Å². The number of benzene rings is 2. The number of aliphatic hydroxyl groups excluding tert-OH is 1. The summed E-state index contributed by atoms with van der Waals surface area (Å²) in [5.74, 6) is 0.901. The molecule has 146 valence electrons. The molecule has 1 aliphatic heterocycles. The molecule has 2 aromatic carbocycles. The van der Waals surface area contributed by atoms with Crippen LogP contribution in [-0.2, 0) is 4.79 Å². The molecule has 7 heteroatoms. The number of hydrogen-bond acceptors (Lipinski definition) is 5. The first-order valence-electron chi connectivity index (χ1n) is 8.93. The summed E-state index contributed by atoms with van der Waals surface area (Å²) in [6.07, 6.45) is 3.76. The van der Waals surface area contributed by atoms with Crippen molar-refractivity contribution in [3.63, 3.8) is 0 Å². The first-order valence-corrected chi connectivity index (χ1v) is 9.91. The number of thioether (sulfide) groups is 1. The van der Waals surface area contributed by atoms with Crippen molar-refractivity contribution in [3.05, 3.63) is 71.6 Å². The van der Waals surface area contributed by atoms with E-state index in [-0.39, 0.29) is 24.4 Å². The van der Waals surface area contributed by atoms with Crippen molar-refractivity contribution in [1.29, 1.82) is 0 Å². The summed E-state index contributed by atoms with van der Waals surface area (Å²) in [7, 11) is 0. The van der Waals surface area contributed by atoms with E-state index in [1.165, 1.54) is 30.0 Å². The molecule has 1 aliphatic rings. The van der Waals surface area contributed by atoms with Gasteiger partial charge in [0.2, 0.25) is 5.91 Å². The zero-order valence-corrected chi connectivity index (χ0v) is 16.0. The van der Waals surface area contributed by atoms with Gasteiger partial charge in [-0.25, -0.2) is 4.39 Å². The summed E-state index contributed by atoms with van der Waals surface area (Å²) in [4.78, 5) is 16.6. The molecule has 1 heterocycles. The first-order chi connectivity index (χ1) is 13.6. The minimum Gasteiger partial charge on any atom is -0.494 e. The van der Waals surface area contributed by atoms with Crippen molar-refractivity contribution >= 4 is 28.9 Å². The molecule has 5 nitrogen and oxygen atoms in total. The lowest BCUT2D eigenvalue weighted by Crippen LogP contribution is -2.25. The standard InChI is InChI=1S/C21H21FN2O3S/c22-17-7-5-16(6-8-17)19-14-28-21(23-19)24-20(26)11-4-15-2-9-18(10-3-15)27-13-1-12-25/h2-11,19,25H,1,12-14H2,(H,23,24,26)/b11-4+. The molecule has 2 aromatic rings. The number of rotatable bonds is 7. The Morgan fingerprint density at radius 2 is 2.00 bits per heavy atom. The normalized spacial score (nSPS) is 16.2. The number of ether oxygens (including phenoxy) is 1. The lowest BCUT2D eigenvalue weighted by atomic mass is 10.1. The highest BCUT2D eigenvalue weighted by Crippen LogP contribution is 2.29. The second-order valence-electron chi connectivity index (χ2n) is 6.13. The van der Waals surface area contributed by atoms with Gasteiger partial charge in [0.25, 0.3) is 0 Å². The number of nitrogens with zero attached hydrogens (tertiary/aromatic N) is 1. The molecule has 1 unspecified atom stereocenters. The lowest BCUT2D eigenvalue weighted by molar-refractivity contribution is -0.115. The van der Waals surface area contributed by atoms with Crippen LogP contribution in [0.5, 0.6) is 5.75 Å². The predicted molar refractivity (Wildman–Crippen MR) is 110 cm³/mol. The number of carbonyl (C=O) groups excluding carboxylic acids is 1. The smallest absolute Gasteiger partial charge is 0.249 e. The molecule has 3 rings (SSSR count). The van der Waals surface area contributed by atoms with Gasteiger partial charge in [-0.15, -0.1) is 0 Å². The zero-order chi connectivity index (χ0) is 19.8. The van der Waals surface area contributed by atoms with E-state index in [0.717, 1.165) is 16.9 Å². The summed E-state index contributed by atoms with van der Waals surface area (Å²) in [5, 5.41) is 12.1. The van der Waals surface area contributed by atoms with E-state index in [4.69, 9.17) is 9.84 Å². The molecule has 0 fully saturated rings. The molecular weight excluding hydrogens is 379 g/mol. The highest BCUT2D eigenvalue weighted by molar-refractivity contribution is 8.14. The maximum absolute atomic E-state index is 13.0. The number of halogens is 1. The van der Waals surface area contributed by atoms with Crippen molar-refractivity contribution in [1.82, 2.24) is 5.32 Å². The van der Waals surface area contributed by atoms with E-state index in [9.17, 15) is 9.18 Å². The molecule has 0 aliphatic carbocycles. The Hall–Kier alpha value is -2.64. The van der Waals surface area contributed by atoms with Crippen molar-refractivity contribution in [2.45, 2.75) is 12.5 Å². The van der Waals surface area contributed by atoms with Gasteiger partial charge in [0, 0.05) is 24.9 Å². The van der Waals surface area contributed by atoms with Gasteiger partial charge in [-0.2, -0.15) is 0 Å². The van der Waals surface area contributed by atoms with Crippen molar-refractivity contribution in [2.75, 3.05) is 19.0 Å². The topological polar surface area (TPSA) is 70.9 Å². The summed E-state index contributed by atoms with van der Waals surface area (Å²) < 4.78 is 18.5. The summed E-state index contributed by atoms with van der Waals surface area (Å²) >= 11 is 1.47. The number of hydrogen-bond donors (Lipinski definition) is 2. The Kier molecular flexibility index (Phi) is 7.22. The fourth-order valence-corrected chi connectivity index (χ4v) is 3.50. The van der Waals surface area contributed by atoms with Crippen molar-refractivity contribution < 1.29 is 19.0 Å². The van der Waals surface area contributed by atoms with Crippen LogP contribution in [0.4, 0.5) is 4.39 Å². The predicted octanol–water partition coefficient (Wildman–Crippen LogP) is 3.56. The summed E-state index contributed by atoms with van der Waals surface area (Å²) in [5.41, 5.74) is 1.80. The van der Waals surface area contributed by atoms with E-state index in [1.54, 1.807) is 18.2 Å². The van der Waals surface area contributed by atoms with Gasteiger partial charge in [-0.1, -0.05) is 36.0 Å². The molecule has 0 spiro atoms. The van der Waals surface area contributed by atoms with Gasteiger partial charge in [0.05, 0.1) is 12.6 Å². The second-order valence-corrected chi connectivity index (χ2v) is 7.14. The zero-order valence-electron chi connectivity index (χ0n) is 15.2. The fourth-order valence-electron chi connectivity index (χ4n) is 2.55. The van der Waals surface area contributed by atoms with Crippen LogP contribution in [0.2, 0.25) is 0 Å². The average molecular weight is 400 g/mol. The number of amides is 1. The Bertz CT molecular complexity index is 851. The molecule has 2 N–H and O–H groups in total. The summed E-state index contributed by atoms with van der Waals surface area (Å²) in [6, 6.07) is 13.5. The Morgan fingerprint density at radius 1 is 1.25 bits per heavy atom. The van der Waals surface area contributed by atoms with Gasteiger partial charge in [0.15, 0.2) is 5.17 Å². The van der Waals surface area contributed by atoms with Crippen LogP contribution >= 0.6 is 11.8 Å². The van der Waals surface area contributed by atoms with Crippen LogP contribution in [0, 0.1) is 5.82 Å². The summed E-state index contributed by atoms with van der Waals surface area (Å²) in [6.45, 7) is 0.566. The monoisotopic (exact) mass is 400 g/mol. The van der Waals surface area contributed by atoms with E-state index < -0.39 is 0 Å². The third-order valence-corrected chi connectivity index (χ3v) is 4.98. The average Bonchev–Trinajstić information content (AvgIpc) is 3.16. The molecule has 0 bridgehead atoms. The molecular formula is C21H21FN2O3S. The minimum atomic E-state index is -0.276. The number of aliphatic imine (C=N–C) groups is 1. The molecule has 1 amide bonds. The molecule has 1 atom stereocenters. The largest absolute Gasteiger partial charge is 0.494 e. The van der Waals surface area contributed by atoms with E-state index >= 15 is 0 Å². The number of nitrogens with one attached hydrogen (secondary N) is 1. The van der Waals surface area contributed by atoms with Crippen LogP contribution in [-0.4, -0.2) is 35.1 Å². The molecule has 28 heavy (non-hydrogen) atoms. The fraction of sp³-hybridized carbons (Fsp3) is 0.238. The quantitative estimate of drug-likeness (QED) is 0.551. The van der Waals surface area contributed by atoms with E-state index in [1.807, 2.05) is 24.3 Å². The number of amidine groups is 1. The molecule has 0 saturated heterocycles. The van der Waals surface area contributed by atoms with Crippen molar-refractivity contribution in [3.8, 4) is 5.75 Å². The SMILES string of the molecule is O=C(/C=C/c1ccc(OCCCO)cc1)NC1=NC(c2ccc(F)cc2)CS1. The first kappa shape index (κ1) is 20.1. The van der Waals surface area contributed by atoms with Crippen LogP contribution in [0.3, 0.4) is 0 Å². The Morgan fingerprint density at radius 3 is 2.71 bits per heavy atom. The molecule has 0 radical (unpaired) electrons. The minimum absolute atomic E-state index is 0.0803. The number of carbonyl (C=O) groups is 1. The Balaban J connectivity index is 1.51. The van der Waals surface area contributed by atoms with Gasteiger partial charge in [0.1, 0.15) is 11.6 Å². The van der Waals surface area contributed by atoms with Crippen LogP contribution in [0.15, 0.2) is 59.6 Å². The Labute approximate surface area is 167 Å². The van der Waals surface area contributed by atoms with Crippen LogP contribution in [0.1, 0.15) is 23.6 Å². The molecule has 0 aromatic heterocycles. The number of aliphatic hydroxyl groups is 1. The van der Waals surface area contributed by atoms with Gasteiger partial charge < -0.3 is 15.2 Å². The lowest BCUT2D eigenvalue weighted by Gasteiger charge is -2.05. The van der Waals surface area contributed by atoms with Crippen LogP contribution in [0.25, 0.3) is 6.08 Å². The van der Waals surface area contributed by atoms with Gasteiger partial charge in [-0.05, 0) is 41.5 Å². The second kappa shape index (κ2) is 10.1. The third-order valence-electron chi connectivity index (χ3n) is 4.01. The van der Waals surface area contributed by atoms with E-state index in [2.05, 4.69) is 10.3 Å². The van der Waals surface area contributed by atoms with Crippen molar-refractivity contribution in [2.24, 2.45) is 4.99 Å².